The predicted molar refractivity (Wildman–Crippen MR) is 51.4 cm³/mol. The Bertz CT molecular complexity index is 390. The van der Waals surface area contributed by atoms with E-state index < -0.39 is 17.2 Å². The van der Waals surface area contributed by atoms with Crippen LogP contribution in [0.4, 0.5) is 4.39 Å². The summed E-state index contributed by atoms with van der Waals surface area (Å²) < 4.78 is 18.2. The number of nitrogens with zero attached hydrogens (tertiary/aromatic N) is 1. The molecule has 1 aromatic rings. The first-order chi connectivity index (χ1) is 6.89. The van der Waals surface area contributed by atoms with Gasteiger partial charge >= 0.3 is 5.97 Å². The lowest BCUT2D eigenvalue weighted by Crippen LogP contribution is -2.29. The second-order valence-electron chi connectivity index (χ2n) is 3.64. The van der Waals surface area contributed by atoms with E-state index in [1.807, 2.05) is 0 Å². The molecule has 0 fully saturated rings. The van der Waals surface area contributed by atoms with E-state index in [1.165, 1.54) is 27.0 Å². The van der Waals surface area contributed by atoms with Crippen molar-refractivity contribution in [2.24, 2.45) is 0 Å². The van der Waals surface area contributed by atoms with E-state index in [0.717, 1.165) is 6.20 Å². The number of carboxylic acids is 1. The van der Waals surface area contributed by atoms with Crippen molar-refractivity contribution in [2.75, 3.05) is 7.11 Å². The number of pyridine rings is 1. The van der Waals surface area contributed by atoms with E-state index in [4.69, 9.17) is 9.84 Å². The zero-order chi connectivity index (χ0) is 11.6. The number of carbonyl (C=O) groups is 1. The second-order valence-corrected chi connectivity index (χ2v) is 3.64. The van der Waals surface area contributed by atoms with Crippen LogP contribution in [-0.4, -0.2) is 23.2 Å². The Hall–Kier alpha value is -1.65. The molecule has 0 aliphatic heterocycles. The fourth-order valence-corrected chi connectivity index (χ4v) is 1.13. The lowest BCUT2D eigenvalue weighted by atomic mass is 9.85. The van der Waals surface area contributed by atoms with Gasteiger partial charge in [0.25, 0.3) is 0 Å². The molecule has 1 heterocycles. The molecule has 15 heavy (non-hydrogen) atoms. The van der Waals surface area contributed by atoms with Crippen LogP contribution >= 0.6 is 0 Å². The summed E-state index contributed by atoms with van der Waals surface area (Å²) in [5.74, 6) is -1.56. The molecule has 0 saturated carbocycles. The van der Waals surface area contributed by atoms with Crippen LogP contribution in [0.3, 0.4) is 0 Å². The van der Waals surface area contributed by atoms with Crippen LogP contribution in [0.25, 0.3) is 0 Å². The molecule has 0 atom stereocenters. The molecule has 82 valence electrons. The fourth-order valence-electron chi connectivity index (χ4n) is 1.13. The van der Waals surface area contributed by atoms with Gasteiger partial charge < -0.3 is 9.84 Å². The van der Waals surface area contributed by atoms with Crippen LogP contribution in [0, 0.1) is 5.82 Å². The van der Waals surface area contributed by atoms with Crippen molar-refractivity contribution in [2.45, 2.75) is 19.3 Å². The molecule has 1 N–H and O–H groups in total. The summed E-state index contributed by atoms with van der Waals surface area (Å²) >= 11 is 0. The molecule has 0 amide bonds. The van der Waals surface area contributed by atoms with Gasteiger partial charge in [0.2, 0.25) is 5.88 Å². The van der Waals surface area contributed by atoms with Gasteiger partial charge in [0.05, 0.1) is 18.7 Å². The maximum absolute atomic E-state index is 13.4. The van der Waals surface area contributed by atoms with E-state index in [1.54, 1.807) is 0 Å². The Balaban J connectivity index is 3.29. The van der Waals surface area contributed by atoms with Gasteiger partial charge in [0.1, 0.15) is 5.82 Å². The molecular formula is C10H12FNO3. The lowest BCUT2D eigenvalue weighted by molar-refractivity contribution is -0.142. The molecule has 1 rings (SSSR count). The highest BCUT2D eigenvalue weighted by molar-refractivity contribution is 5.80. The first-order valence-corrected chi connectivity index (χ1v) is 4.33. The minimum absolute atomic E-state index is 0.0573. The summed E-state index contributed by atoms with van der Waals surface area (Å²) in [5, 5.41) is 8.95. The molecule has 0 aliphatic carbocycles. The van der Waals surface area contributed by atoms with Crippen molar-refractivity contribution in [1.29, 1.82) is 0 Å². The van der Waals surface area contributed by atoms with E-state index in [2.05, 4.69) is 4.98 Å². The van der Waals surface area contributed by atoms with Crippen LogP contribution in [-0.2, 0) is 10.2 Å². The van der Waals surface area contributed by atoms with Gasteiger partial charge in [-0.15, -0.1) is 0 Å². The molecule has 0 aromatic carbocycles. The number of carboxylic acid groups (broad SMARTS) is 1. The van der Waals surface area contributed by atoms with E-state index in [-0.39, 0.29) is 11.4 Å². The minimum Gasteiger partial charge on any atom is -0.481 e. The minimum atomic E-state index is -1.31. The van der Waals surface area contributed by atoms with Gasteiger partial charge in [-0.2, -0.15) is 0 Å². The van der Waals surface area contributed by atoms with Crippen LogP contribution in [0.2, 0.25) is 0 Å². The summed E-state index contributed by atoms with van der Waals surface area (Å²) in [6, 6.07) is 1.30. The average Bonchev–Trinajstić information content (AvgIpc) is 2.18. The zero-order valence-electron chi connectivity index (χ0n) is 8.74. The molecule has 0 aliphatic rings. The first kappa shape index (κ1) is 11.4. The summed E-state index contributed by atoms with van der Waals surface area (Å²) in [6.07, 6.45) is 0.957. The summed E-state index contributed by atoms with van der Waals surface area (Å²) in [5.41, 5.74) is -1.25. The van der Waals surface area contributed by atoms with Crippen LogP contribution < -0.4 is 4.74 Å². The number of aliphatic carboxylic acids is 1. The third kappa shape index (κ3) is 2.06. The number of halogens is 1. The number of hydrogen-bond donors (Lipinski definition) is 1. The van der Waals surface area contributed by atoms with Crippen molar-refractivity contribution in [1.82, 2.24) is 4.98 Å². The Morgan fingerprint density at radius 3 is 2.67 bits per heavy atom. The molecule has 0 spiro atoms. The topological polar surface area (TPSA) is 59.4 Å². The average molecular weight is 213 g/mol. The largest absolute Gasteiger partial charge is 0.481 e. The van der Waals surface area contributed by atoms with Gasteiger partial charge in [0.15, 0.2) is 0 Å². The normalized spacial score (nSPS) is 11.2. The molecule has 1 aromatic heterocycles. The third-order valence-corrected chi connectivity index (χ3v) is 2.25. The van der Waals surface area contributed by atoms with Gasteiger partial charge in [-0.05, 0) is 13.8 Å². The molecule has 4 nitrogen and oxygen atoms in total. The number of methoxy groups -OCH3 is 1. The molecule has 0 saturated heterocycles. The standard InChI is InChI=1S/C10H12FNO3/c1-10(2,9(13)14)6-4-8(15-3)12-5-7(6)11/h4-5H,1-3H3,(H,13,14). The molecule has 0 radical (unpaired) electrons. The van der Waals surface area contributed by atoms with E-state index in [0.29, 0.717) is 0 Å². The van der Waals surface area contributed by atoms with Crippen molar-refractivity contribution in [3.05, 3.63) is 23.6 Å². The van der Waals surface area contributed by atoms with E-state index in [9.17, 15) is 9.18 Å². The summed E-state index contributed by atoms with van der Waals surface area (Å²) in [6.45, 7) is 2.85. The van der Waals surface area contributed by atoms with Gasteiger partial charge in [-0.25, -0.2) is 9.37 Å². The highest BCUT2D eigenvalue weighted by Crippen LogP contribution is 2.27. The molecular weight excluding hydrogens is 201 g/mol. The van der Waals surface area contributed by atoms with Crippen LogP contribution in [0.15, 0.2) is 12.3 Å². The second kappa shape index (κ2) is 3.84. The monoisotopic (exact) mass is 213 g/mol. The van der Waals surface area contributed by atoms with E-state index >= 15 is 0 Å². The van der Waals surface area contributed by atoms with Crippen LogP contribution in [0.1, 0.15) is 19.4 Å². The Morgan fingerprint density at radius 2 is 2.20 bits per heavy atom. The summed E-state index contributed by atoms with van der Waals surface area (Å²) in [4.78, 5) is 14.6. The van der Waals surface area contributed by atoms with Crippen molar-refractivity contribution < 1.29 is 19.0 Å². The smallest absolute Gasteiger partial charge is 0.313 e. The zero-order valence-corrected chi connectivity index (χ0v) is 8.74. The van der Waals surface area contributed by atoms with Crippen LogP contribution in [0.5, 0.6) is 5.88 Å². The Kier molecular flexibility index (Phi) is 2.93. The predicted octanol–water partition coefficient (Wildman–Crippen LogP) is 1.59. The van der Waals surface area contributed by atoms with Crippen molar-refractivity contribution in [3.63, 3.8) is 0 Å². The highest BCUT2D eigenvalue weighted by atomic mass is 19.1. The Labute approximate surface area is 86.7 Å². The number of hydrogen-bond acceptors (Lipinski definition) is 3. The maximum atomic E-state index is 13.4. The van der Waals surface area contributed by atoms with Gasteiger partial charge in [-0.3, -0.25) is 4.79 Å². The van der Waals surface area contributed by atoms with Gasteiger partial charge in [-0.1, -0.05) is 0 Å². The molecule has 0 unspecified atom stereocenters. The number of ether oxygens (including phenoxy) is 1. The summed E-state index contributed by atoms with van der Waals surface area (Å²) in [7, 11) is 1.39. The number of aromatic nitrogens is 1. The molecule has 5 heteroatoms. The fraction of sp³-hybridized carbons (Fsp3) is 0.400. The SMILES string of the molecule is COc1cc(C(C)(C)C(=O)O)c(F)cn1. The first-order valence-electron chi connectivity index (χ1n) is 4.33. The van der Waals surface area contributed by atoms with Gasteiger partial charge in [0, 0.05) is 11.6 Å². The number of rotatable bonds is 3. The maximum Gasteiger partial charge on any atom is 0.313 e. The van der Waals surface area contributed by atoms with Crippen molar-refractivity contribution in [3.8, 4) is 5.88 Å². The highest BCUT2D eigenvalue weighted by Gasteiger charge is 2.32. The molecule has 0 bridgehead atoms. The van der Waals surface area contributed by atoms with Crippen molar-refractivity contribution >= 4 is 5.97 Å². The lowest BCUT2D eigenvalue weighted by Gasteiger charge is -2.20. The Morgan fingerprint density at radius 1 is 1.60 bits per heavy atom. The third-order valence-electron chi connectivity index (χ3n) is 2.25. The quantitative estimate of drug-likeness (QED) is 0.828.